The van der Waals surface area contributed by atoms with E-state index in [1.165, 1.54) is 128 Å². The van der Waals surface area contributed by atoms with Crippen molar-refractivity contribution < 1.29 is 14.3 Å². The molecule has 48 heavy (non-hydrogen) atoms. The first-order valence-corrected chi connectivity index (χ1v) is 20.8. The lowest BCUT2D eigenvalue weighted by Gasteiger charge is -2.40. The fourth-order valence-electron chi connectivity index (χ4n) is 7.76. The van der Waals surface area contributed by atoms with Crippen LogP contribution < -0.4 is 10.6 Å². The van der Waals surface area contributed by atoms with Gasteiger partial charge in [-0.3, -0.25) is 0 Å². The summed E-state index contributed by atoms with van der Waals surface area (Å²) in [7, 11) is 1.76. The molecule has 0 unspecified atom stereocenters. The summed E-state index contributed by atoms with van der Waals surface area (Å²) in [5.41, 5.74) is -0.742. The Balaban J connectivity index is 4.83. The van der Waals surface area contributed by atoms with Gasteiger partial charge in [0.05, 0.1) is 17.8 Å². The van der Waals surface area contributed by atoms with Gasteiger partial charge in [-0.05, 0) is 79.1 Å². The Morgan fingerprint density at radius 3 is 1.35 bits per heavy atom. The number of urea groups is 1. The topological polar surface area (TPSA) is 59.6 Å². The van der Waals surface area contributed by atoms with Crippen molar-refractivity contribution >= 4 is 6.03 Å². The van der Waals surface area contributed by atoms with Gasteiger partial charge in [0.2, 0.25) is 0 Å². The van der Waals surface area contributed by atoms with Gasteiger partial charge in [-0.15, -0.1) is 0 Å². The molecule has 0 saturated heterocycles. The summed E-state index contributed by atoms with van der Waals surface area (Å²) in [4.78, 5) is 13.4. The van der Waals surface area contributed by atoms with Crippen molar-refractivity contribution in [2.45, 2.75) is 253 Å². The molecule has 0 aliphatic heterocycles. The van der Waals surface area contributed by atoms with E-state index in [2.05, 4.69) is 79.9 Å². The Morgan fingerprint density at radius 2 is 0.958 bits per heavy atom. The number of rotatable bonds is 33. The van der Waals surface area contributed by atoms with E-state index < -0.39 is 0 Å². The minimum atomic E-state index is -0.319. The van der Waals surface area contributed by atoms with Crippen LogP contribution in [0.2, 0.25) is 0 Å². The second-order valence-corrected chi connectivity index (χ2v) is 18.0. The fraction of sp³-hybridized carbons (Fsp3) is 0.977. The Kier molecular flexibility index (Phi) is 26.5. The maximum Gasteiger partial charge on any atom is 0.315 e. The second-order valence-electron chi connectivity index (χ2n) is 18.0. The van der Waals surface area contributed by atoms with Gasteiger partial charge < -0.3 is 20.1 Å². The molecule has 0 atom stereocenters. The maximum atomic E-state index is 13.4. The van der Waals surface area contributed by atoms with Crippen molar-refractivity contribution in [3.05, 3.63) is 0 Å². The van der Waals surface area contributed by atoms with Crippen LogP contribution in [0.15, 0.2) is 0 Å². The first-order chi connectivity index (χ1) is 22.6. The second kappa shape index (κ2) is 26.9. The lowest BCUT2D eigenvalue weighted by molar-refractivity contribution is -0.0763. The normalized spacial score (nSPS) is 13.0. The molecule has 0 aliphatic rings. The Hall–Kier alpha value is -0.810. The number of ether oxygens (including phenoxy) is 2. The zero-order valence-corrected chi connectivity index (χ0v) is 34.7. The van der Waals surface area contributed by atoms with E-state index in [9.17, 15) is 4.79 Å². The lowest BCUT2D eigenvalue weighted by Crippen LogP contribution is -2.53. The van der Waals surface area contributed by atoms with Crippen LogP contribution in [-0.4, -0.2) is 42.5 Å². The summed E-state index contributed by atoms with van der Waals surface area (Å²) in [6, 6.07) is 0.262. The standard InChI is InChI=1S/C43H88N2O3/c1-12-14-16-18-20-22-24-26-28-30-32-38(33-31-29-27-25-23-21-19-17-15-13-2)44-39(46)45-41(5,6)36-40(3,4)37-43(9,10)48-35-34-42(7,8)47-11/h38H,12-37H2,1-11H3,(H2,44,45,46). The van der Waals surface area contributed by atoms with Gasteiger partial charge in [0.25, 0.3) is 0 Å². The van der Waals surface area contributed by atoms with E-state index in [0.717, 1.165) is 32.1 Å². The highest BCUT2D eigenvalue weighted by Crippen LogP contribution is 2.37. The Labute approximate surface area is 302 Å². The van der Waals surface area contributed by atoms with Crippen LogP contribution in [0.5, 0.6) is 0 Å². The van der Waals surface area contributed by atoms with Gasteiger partial charge in [0, 0.05) is 18.7 Å². The molecule has 0 saturated carbocycles. The molecular weight excluding hydrogens is 592 g/mol. The average molecular weight is 681 g/mol. The molecule has 2 N–H and O–H groups in total. The summed E-state index contributed by atoms with van der Waals surface area (Å²) < 4.78 is 11.9. The predicted molar refractivity (Wildman–Crippen MR) is 211 cm³/mol. The van der Waals surface area contributed by atoms with E-state index in [1.54, 1.807) is 7.11 Å². The summed E-state index contributed by atoms with van der Waals surface area (Å²) in [6.45, 7) is 22.8. The zero-order valence-electron chi connectivity index (χ0n) is 34.7. The van der Waals surface area contributed by atoms with E-state index in [4.69, 9.17) is 9.47 Å². The number of nitrogens with one attached hydrogen (secondary N) is 2. The van der Waals surface area contributed by atoms with Crippen molar-refractivity contribution in [2.24, 2.45) is 5.41 Å². The minimum Gasteiger partial charge on any atom is -0.379 e. The van der Waals surface area contributed by atoms with Crippen molar-refractivity contribution in [1.82, 2.24) is 10.6 Å². The van der Waals surface area contributed by atoms with E-state index in [0.29, 0.717) is 6.61 Å². The largest absolute Gasteiger partial charge is 0.379 e. The average Bonchev–Trinajstić information content (AvgIpc) is 2.97. The van der Waals surface area contributed by atoms with Crippen molar-refractivity contribution in [1.29, 1.82) is 0 Å². The van der Waals surface area contributed by atoms with Gasteiger partial charge in [-0.25, -0.2) is 4.79 Å². The molecule has 0 bridgehead atoms. The molecule has 0 rings (SSSR count). The molecule has 5 nitrogen and oxygen atoms in total. The van der Waals surface area contributed by atoms with Crippen LogP contribution in [0.3, 0.4) is 0 Å². The maximum absolute atomic E-state index is 13.4. The number of unbranched alkanes of at least 4 members (excludes halogenated alkanes) is 18. The SMILES string of the molecule is CCCCCCCCCCCCC(CCCCCCCCCCCC)NC(=O)NC(C)(C)CC(C)(C)CC(C)(C)OCCC(C)(C)OC. The van der Waals surface area contributed by atoms with E-state index in [-0.39, 0.29) is 34.2 Å². The van der Waals surface area contributed by atoms with E-state index >= 15 is 0 Å². The third kappa shape index (κ3) is 29.0. The molecule has 2 amide bonds. The number of hydrogen-bond donors (Lipinski definition) is 2. The molecule has 0 fully saturated rings. The molecule has 0 radical (unpaired) electrons. The monoisotopic (exact) mass is 681 g/mol. The highest BCUT2D eigenvalue weighted by atomic mass is 16.5. The Bertz CT molecular complexity index is 737. The summed E-state index contributed by atoms with van der Waals surface area (Å²) in [5, 5.41) is 6.80. The number of hydrogen-bond acceptors (Lipinski definition) is 3. The first-order valence-electron chi connectivity index (χ1n) is 20.8. The van der Waals surface area contributed by atoms with Crippen LogP contribution >= 0.6 is 0 Å². The van der Waals surface area contributed by atoms with Gasteiger partial charge in [0.1, 0.15) is 0 Å². The number of amides is 2. The van der Waals surface area contributed by atoms with Crippen molar-refractivity contribution in [2.75, 3.05) is 13.7 Å². The zero-order chi connectivity index (χ0) is 36.4. The van der Waals surface area contributed by atoms with Crippen molar-refractivity contribution in [3.8, 4) is 0 Å². The Morgan fingerprint density at radius 1 is 0.562 bits per heavy atom. The van der Waals surface area contributed by atoms with Crippen LogP contribution in [0.25, 0.3) is 0 Å². The van der Waals surface area contributed by atoms with Crippen LogP contribution in [-0.2, 0) is 9.47 Å². The third-order valence-electron chi connectivity index (χ3n) is 10.2. The molecule has 0 aromatic carbocycles. The molecular formula is C43H88N2O3. The fourth-order valence-corrected chi connectivity index (χ4v) is 7.76. The summed E-state index contributed by atoms with van der Waals surface area (Å²) in [6.07, 6.45) is 31.8. The van der Waals surface area contributed by atoms with Gasteiger partial charge in [-0.1, -0.05) is 156 Å². The molecule has 0 spiro atoms. The van der Waals surface area contributed by atoms with Gasteiger partial charge in [-0.2, -0.15) is 0 Å². The molecule has 288 valence electrons. The molecule has 0 aliphatic carbocycles. The smallest absolute Gasteiger partial charge is 0.315 e. The minimum absolute atomic E-state index is 0.00244. The quantitative estimate of drug-likeness (QED) is 0.0678. The summed E-state index contributed by atoms with van der Waals surface area (Å²) >= 11 is 0. The molecule has 0 aromatic rings. The van der Waals surface area contributed by atoms with Gasteiger partial charge in [0.15, 0.2) is 0 Å². The molecule has 5 heteroatoms. The highest BCUT2D eigenvalue weighted by Gasteiger charge is 2.35. The first kappa shape index (κ1) is 47.2. The third-order valence-corrected chi connectivity index (χ3v) is 10.2. The van der Waals surface area contributed by atoms with Crippen molar-refractivity contribution in [3.63, 3.8) is 0 Å². The van der Waals surface area contributed by atoms with Crippen LogP contribution in [0.4, 0.5) is 4.79 Å². The predicted octanol–water partition coefficient (Wildman–Crippen LogP) is 13.5. The van der Waals surface area contributed by atoms with Gasteiger partial charge >= 0.3 is 6.03 Å². The number of carbonyl (C=O) groups is 1. The molecule has 0 aromatic heterocycles. The van der Waals surface area contributed by atoms with E-state index in [1.807, 2.05) is 0 Å². The van der Waals surface area contributed by atoms with Crippen LogP contribution in [0, 0.1) is 5.41 Å². The highest BCUT2D eigenvalue weighted by molar-refractivity contribution is 5.75. The summed E-state index contributed by atoms with van der Waals surface area (Å²) in [5.74, 6) is 0. The number of methoxy groups -OCH3 is 1. The lowest BCUT2D eigenvalue weighted by atomic mass is 9.73. The van der Waals surface area contributed by atoms with Crippen LogP contribution in [0.1, 0.15) is 230 Å². The molecule has 0 heterocycles. The number of carbonyl (C=O) groups excluding carboxylic acids is 1.